The van der Waals surface area contributed by atoms with E-state index in [1.165, 1.54) is 23.9 Å². The van der Waals surface area contributed by atoms with Crippen LogP contribution in [0.25, 0.3) is 5.69 Å². The fraction of sp³-hybridized carbons (Fsp3) is 0.267. The quantitative estimate of drug-likeness (QED) is 0.811. The Hall–Kier alpha value is -2.50. The third kappa shape index (κ3) is 2.84. The van der Waals surface area contributed by atoms with Crippen molar-refractivity contribution >= 4 is 5.97 Å². The lowest BCUT2D eigenvalue weighted by atomic mass is 10.2. The van der Waals surface area contributed by atoms with Crippen LogP contribution in [0.2, 0.25) is 0 Å². The summed E-state index contributed by atoms with van der Waals surface area (Å²) < 4.78 is 19.3. The van der Waals surface area contributed by atoms with Crippen LogP contribution in [0.4, 0.5) is 4.39 Å². The Morgan fingerprint density at radius 2 is 2.14 bits per heavy atom. The van der Waals surface area contributed by atoms with Crippen LogP contribution in [0.1, 0.15) is 28.5 Å². The van der Waals surface area contributed by atoms with E-state index in [4.69, 9.17) is 0 Å². The van der Waals surface area contributed by atoms with Gasteiger partial charge in [-0.25, -0.2) is 13.9 Å². The highest BCUT2D eigenvalue weighted by atomic mass is 19.1. The second-order valence-corrected chi connectivity index (χ2v) is 4.56. The van der Waals surface area contributed by atoms with Crippen molar-refractivity contribution in [3.63, 3.8) is 0 Å². The maximum Gasteiger partial charge on any atom is 0.362 e. The summed E-state index contributed by atoms with van der Waals surface area (Å²) in [6, 6.07) is 4.43. The van der Waals surface area contributed by atoms with E-state index in [1.54, 1.807) is 26.1 Å². The summed E-state index contributed by atoms with van der Waals surface area (Å²) in [5.41, 5.74) is 0.727. The van der Waals surface area contributed by atoms with Gasteiger partial charge < -0.3 is 4.74 Å². The summed E-state index contributed by atoms with van der Waals surface area (Å²) in [6.45, 7) is 3.43. The van der Waals surface area contributed by atoms with Crippen LogP contribution in [0.15, 0.2) is 29.2 Å². The number of halogens is 1. The lowest BCUT2D eigenvalue weighted by Crippen LogP contribution is -2.25. The molecule has 0 unspecified atom stereocenters. The molecule has 0 saturated heterocycles. The fourth-order valence-electron chi connectivity index (χ4n) is 1.93. The van der Waals surface area contributed by atoms with Crippen molar-refractivity contribution in [2.45, 2.75) is 20.3 Å². The molecule has 0 radical (unpaired) electrons. The number of aromatic nitrogens is 2. The number of benzene rings is 1. The predicted octanol–water partition coefficient (Wildman–Crippen LogP) is 2.03. The second kappa shape index (κ2) is 5.87. The van der Waals surface area contributed by atoms with Crippen molar-refractivity contribution in [3.8, 4) is 5.69 Å². The summed E-state index contributed by atoms with van der Waals surface area (Å²) >= 11 is 0. The Labute approximate surface area is 121 Å². The summed E-state index contributed by atoms with van der Waals surface area (Å²) in [7, 11) is 1.19. The molecule has 1 aromatic heterocycles. The SMILES string of the molecule is CCc1cn(-c2ccc(F)c(C)c2)nc(C(=O)OC)c1=O. The van der Waals surface area contributed by atoms with Gasteiger partial charge in [0.25, 0.3) is 0 Å². The van der Waals surface area contributed by atoms with E-state index in [-0.39, 0.29) is 11.5 Å². The molecule has 2 aromatic rings. The molecule has 0 aliphatic carbocycles. The van der Waals surface area contributed by atoms with Crippen LogP contribution in [0.3, 0.4) is 0 Å². The molecule has 1 heterocycles. The molecule has 21 heavy (non-hydrogen) atoms. The van der Waals surface area contributed by atoms with E-state index >= 15 is 0 Å². The highest BCUT2D eigenvalue weighted by molar-refractivity contribution is 5.87. The van der Waals surface area contributed by atoms with Gasteiger partial charge in [-0.1, -0.05) is 6.92 Å². The van der Waals surface area contributed by atoms with Crippen molar-refractivity contribution in [1.29, 1.82) is 0 Å². The van der Waals surface area contributed by atoms with Crippen LogP contribution < -0.4 is 5.43 Å². The second-order valence-electron chi connectivity index (χ2n) is 4.56. The van der Waals surface area contributed by atoms with E-state index in [9.17, 15) is 14.0 Å². The largest absolute Gasteiger partial charge is 0.464 e. The van der Waals surface area contributed by atoms with Crippen LogP contribution in [0, 0.1) is 12.7 Å². The van der Waals surface area contributed by atoms with E-state index < -0.39 is 11.4 Å². The van der Waals surface area contributed by atoms with Gasteiger partial charge in [0.05, 0.1) is 12.8 Å². The van der Waals surface area contributed by atoms with E-state index in [1.807, 2.05) is 0 Å². The molecule has 0 aliphatic heterocycles. The first-order valence-corrected chi connectivity index (χ1v) is 6.45. The molecule has 5 nitrogen and oxygen atoms in total. The molecule has 0 spiro atoms. The molecule has 1 aromatic carbocycles. The highest BCUT2D eigenvalue weighted by Gasteiger charge is 2.17. The number of ether oxygens (including phenoxy) is 1. The van der Waals surface area contributed by atoms with Crippen molar-refractivity contribution in [3.05, 3.63) is 57.3 Å². The Morgan fingerprint density at radius 3 is 2.71 bits per heavy atom. The normalized spacial score (nSPS) is 10.5. The van der Waals surface area contributed by atoms with Gasteiger partial charge in [0, 0.05) is 11.8 Å². The highest BCUT2D eigenvalue weighted by Crippen LogP contribution is 2.13. The van der Waals surface area contributed by atoms with Crippen LogP contribution in [-0.4, -0.2) is 22.9 Å². The Morgan fingerprint density at radius 1 is 1.43 bits per heavy atom. The molecule has 110 valence electrons. The van der Waals surface area contributed by atoms with E-state index in [0.29, 0.717) is 23.2 Å². The smallest absolute Gasteiger partial charge is 0.362 e. The first-order chi connectivity index (χ1) is 9.97. The molecule has 0 bridgehead atoms. The minimum atomic E-state index is -0.789. The lowest BCUT2D eigenvalue weighted by molar-refractivity contribution is 0.0590. The average Bonchev–Trinajstić information content (AvgIpc) is 2.49. The molecule has 6 heteroatoms. The maximum atomic E-state index is 13.3. The Kier molecular flexibility index (Phi) is 4.16. The van der Waals surface area contributed by atoms with Crippen molar-refractivity contribution in [2.75, 3.05) is 7.11 Å². The standard InChI is InChI=1S/C15H15FN2O3/c1-4-10-8-18(11-5-6-12(16)9(2)7-11)17-13(14(10)19)15(20)21-3/h5-8H,4H2,1-3H3. The Bertz CT molecular complexity index is 753. The molecule has 0 atom stereocenters. The maximum absolute atomic E-state index is 13.3. The zero-order valence-electron chi connectivity index (χ0n) is 12.0. The van der Waals surface area contributed by atoms with Gasteiger partial charge in [0.15, 0.2) is 0 Å². The monoisotopic (exact) mass is 290 g/mol. The fourth-order valence-corrected chi connectivity index (χ4v) is 1.93. The first-order valence-electron chi connectivity index (χ1n) is 6.45. The van der Waals surface area contributed by atoms with Gasteiger partial charge in [-0.05, 0) is 37.1 Å². The number of methoxy groups -OCH3 is 1. The molecule has 0 fully saturated rings. The van der Waals surface area contributed by atoms with Crippen LogP contribution in [0.5, 0.6) is 0 Å². The van der Waals surface area contributed by atoms with E-state index in [2.05, 4.69) is 9.84 Å². The molecule has 0 aliphatic rings. The average molecular weight is 290 g/mol. The third-order valence-electron chi connectivity index (χ3n) is 3.16. The van der Waals surface area contributed by atoms with Gasteiger partial charge in [0.2, 0.25) is 11.1 Å². The molecular weight excluding hydrogens is 275 g/mol. The number of rotatable bonds is 3. The van der Waals surface area contributed by atoms with Crippen molar-refractivity contribution in [2.24, 2.45) is 0 Å². The minimum Gasteiger partial charge on any atom is -0.464 e. The number of carbonyl (C=O) groups excluding carboxylic acids is 1. The van der Waals surface area contributed by atoms with Crippen molar-refractivity contribution in [1.82, 2.24) is 9.78 Å². The lowest BCUT2D eigenvalue weighted by Gasteiger charge is -2.10. The first kappa shape index (κ1) is 14.9. The van der Waals surface area contributed by atoms with Crippen LogP contribution >= 0.6 is 0 Å². The molecule has 0 N–H and O–H groups in total. The molecule has 0 saturated carbocycles. The van der Waals surface area contributed by atoms with Gasteiger partial charge in [-0.2, -0.15) is 5.10 Å². The summed E-state index contributed by atoms with van der Waals surface area (Å²) in [4.78, 5) is 23.7. The number of esters is 1. The molecule has 2 rings (SSSR count). The summed E-state index contributed by atoms with van der Waals surface area (Å²) in [6.07, 6.45) is 1.99. The van der Waals surface area contributed by atoms with Crippen molar-refractivity contribution < 1.29 is 13.9 Å². The van der Waals surface area contributed by atoms with Gasteiger partial charge >= 0.3 is 5.97 Å². The summed E-state index contributed by atoms with van der Waals surface area (Å²) in [5.74, 6) is -1.12. The number of hydrogen-bond donors (Lipinski definition) is 0. The van der Waals surface area contributed by atoms with Gasteiger partial charge in [0.1, 0.15) is 5.82 Å². The zero-order valence-corrected chi connectivity index (χ0v) is 12.0. The third-order valence-corrected chi connectivity index (χ3v) is 3.16. The molecule has 0 amide bonds. The zero-order chi connectivity index (χ0) is 15.6. The van der Waals surface area contributed by atoms with E-state index in [0.717, 1.165) is 0 Å². The summed E-state index contributed by atoms with van der Waals surface area (Å²) in [5, 5.41) is 4.00. The predicted molar refractivity (Wildman–Crippen MR) is 75.2 cm³/mol. The Balaban J connectivity index is 2.66. The minimum absolute atomic E-state index is 0.279. The number of nitrogens with zero attached hydrogens (tertiary/aromatic N) is 2. The number of aryl methyl sites for hydroxylation is 2. The van der Waals surface area contributed by atoms with Gasteiger partial charge in [-0.15, -0.1) is 0 Å². The van der Waals surface area contributed by atoms with Crippen LogP contribution in [-0.2, 0) is 11.2 Å². The topological polar surface area (TPSA) is 61.2 Å². The molecular formula is C15H15FN2O3. The van der Waals surface area contributed by atoms with Gasteiger partial charge in [-0.3, -0.25) is 4.79 Å². The number of hydrogen-bond acceptors (Lipinski definition) is 4. The number of carbonyl (C=O) groups is 1.